The predicted octanol–water partition coefficient (Wildman–Crippen LogP) is 2.66. The molecule has 0 aliphatic rings. The van der Waals surface area contributed by atoms with Crippen LogP contribution >= 0.6 is 27.3 Å². The lowest BCUT2D eigenvalue weighted by Gasteiger charge is -2.03. The Hall–Kier alpha value is -1.67. The molecule has 0 saturated carbocycles. The van der Waals surface area contributed by atoms with Crippen molar-refractivity contribution in [2.24, 2.45) is 0 Å². The number of ether oxygens (including phenoxy) is 1. The van der Waals surface area contributed by atoms with E-state index in [0.717, 1.165) is 3.79 Å². The molecule has 0 aromatic carbocycles. The maximum atomic E-state index is 11.9. The van der Waals surface area contributed by atoms with Crippen LogP contribution in [0.2, 0.25) is 0 Å². The molecule has 0 atom stereocenters. The number of carbonyl (C=O) groups is 2. The lowest BCUT2D eigenvalue weighted by molar-refractivity contribution is 0.0521. The Balaban J connectivity index is 2.13. The van der Waals surface area contributed by atoms with Crippen molar-refractivity contribution in [3.8, 4) is 0 Å². The van der Waals surface area contributed by atoms with Crippen LogP contribution in [0.15, 0.2) is 21.6 Å². The molecule has 2 rings (SSSR count). The SMILES string of the molecule is CCOC(=O)c1[nH]cnc1NC(=O)c1csc(Br)c1. The second kappa shape index (κ2) is 5.98. The molecule has 0 fully saturated rings. The van der Waals surface area contributed by atoms with Gasteiger partial charge in [-0.3, -0.25) is 4.79 Å². The number of nitrogens with zero attached hydrogens (tertiary/aromatic N) is 1. The van der Waals surface area contributed by atoms with E-state index in [1.165, 1.54) is 17.7 Å². The number of anilines is 1. The molecular formula is C11H10BrN3O3S. The third kappa shape index (κ3) is 3.21. The van der Waals surface area contributed by atoms with E-state index in [4.69, 9.17) is 4.74 Å². The smallest absolute Gasteiger partial charge is 0.358 e. The zero-order valence-electron chi connectivity index (χ0n) is 9.90. The molecule has 0 aliphatic carbocycles. The number of H-pyrrole nitrogens is 1. The summed E-state index contributed by atoms with van der Waals surface area (Å²) in [7, 11) is 0. The Kier molecular flexibility index (Phi) is 4.33. The standard InChI is InChI=1S/C11H10BrN3O3S/c1-2-18-11(17)8-9(14-5-13-8)15-10(16)6-3-7(12)19-4-6/h3-5H,2H2,1H3,(H,13,14)(H,15,16). The van der Waals surface area contributed by atoms with Crippen LogP contribution in [0.4, 0.5) is 5.82 Å². The lowest BCUT2D eigenvalue weighted by atomic mass is 10.3. The van der Waals surface area contributed by atoms with Crippen LogP contribution < -0.4 is 5.32 Å². The molecule has 0 unspecified atom stereocenters. The highest BCUT2D eigenvalue weighted by Gasteiger charge is 2.18. The number of thiophene rings is 1. The van der Waals surface area contributed by atoms with Gasteiger partial charge >= 0.3 is 5.97 Å². The fraction of sp³-hybridized carbons (Fsp3) is 0.182. The maximum Gasteiger partial charge on any atom is 0.358 e. The number of imidazole rings is 1. The minimum atomic E-state index is -0.554. The fourth-order valence-electron chi connectivity index (χ4n) is 1.36. The summed E-state index contributed by atoms with van der Waals surface area (Å²) >= 11 is 4.68. The normalized spacial score (nSPS) is 10.2. The molecule has 2 N–H and O–H groups in total. The van der Waals surface area contributed by atoms with Crippen LogP contribution in [0.5, 0.6) is 0 Å². The van der Waals surface area contributed by atoms with Gasteiger partial charge in [-0.1, -0.05) is 0 Å². The van der Waals surface area contributed by atoms with Gasteiger partial charge in [-0.05, 0) is 28.9 Å². The van der Waals surface area contributed by atoms with E-state index in [1.54, 1.807) is 18.4 Å². The molecule has 0 aliphatic heterocycles. The van der Waals surface area contributed by atoms with Gasteiger partial charge in [0.15, 0.2) is 11.5 Å². The first-order valence-corrected chi connectivity index (χ1v) is 7.05. The average Bonchev–Trinajstić information content (AvgIpc) is 2.98. The third-order valence-electron chi connectivity index (χ3n) is 2.18. The van der Waals surface area contributed by atoms with Gasteiger partial charge in [0.05, 0.1) is 22.3 Å². The molecule has 0 saturated heterocycles. The summed E-state index contributed by atoms with van der Waals surface area (Å²) in [6.07, 6.45) is 1.32. The predicted molar refractivity (Wildman–Crippen MR) is 74.5 cm³/mol. The second-order valence-electron chi connectivity index (χ2n) is 3.44. The number of halogens is 1. The number of amides is 1. The topological polar surface area (TPSA) is 84.1 Å². The molecule has 2 aromatic rings. The van der Waals surface area contributed by atoms with Crippen molar-refractivity contribution in [2.75, 3.05) is 11.9 Å². The van der Waals surface area contributed by atoms with Crippen LogP contribution in [0.1, 0.15) is 27.8 Å². The van der Waals surface area contributed by atoms with Crippen molar-refractivity contribution >= 4 is 45.0 Å². The van der Waals surface area contributed by atoms with Gasteiger partial charge in [-0.15, -0.1) is 11.3 Å². The largest absolute Gasteiger partial charge is 0.461 e. The average molecular weight is 344 g/mol. The van der Waals surface area contributed by atoms with E-state index in [0.29, 0.717) is 5.56 Å². The van der Waals surface area contributed by atoms with Gasteiger partial charge in [0.2, 0.25) is 0 Å². The van der Waals surface area contributed by atoms with Crippen LogP contribution in [-0.4, -0.2) is 28.5 Å². The Morgan fingerprint density at radius 2 is 2.37 bits per heavy atom. The quantitative estimate of drug-likeness (QED) is 0.836. The number of esters is 1. The Labute approximate surface area is 121 Å². The summed E-state index contributed by atoms with van der Waals surface area (Å²) in [5.74, 6) is -0.729. The molecule has 100 valence electrons. The monoisotopic (exact) mass is 343 g/mol. The number of nitrogens with one attached hydrogen (secondary N) is 2. The number of carbonyl (C=O) groups excluding carboxylic acids is 2. The summed E-state index contributed by atoms with van der Waals surface area (Å²) < 4.78 is 5.70. The van der Waals surface area contributed by atoms with Crippen LogP contribution in [0.25, 0.3) is 0 Å². The zero-order chi connectivity index (χ0) is 13.8. The van der Waals surface area contributed by atoms with E-state index in [-0.39, 0.29) is 24.0 Å². The minimum Gasteiger partial charge on any atom is -0.461 e. The Bertz CT molecular complexity index is 608. The summed E-state index contributed by atoms with van der Waals surface area (Å²) in [6.45, 7) is 1.96. The first kappa shape index (κ1) is 13.8. The fourth-order valence-corrected chi connectivity index (χ4v) is 2.49. The van der Waals surface area contributed by atoms with Gasteiger partial charge in [0.1, 0.15) is 0 Å². The highest BCUT2D eigenvalue weighted by molar-refractivity contribution is 9.11. The second-order valence-corrected chi connectivity index (χ2v) is 5.73. The first-order valence-electron chi connectivity index (χ1n) is 5.37. The molecular weight excluding hydrogens is 334 g/mol. The van der Waals surface area contributed by atoms with Gasteiger partial charge in [0.25, 0.3) is 5.91 Å². The molecule has 0 bridgehead atoms. The highest BCUT2D eigenvalue weighted by atomic mass is 79.9. The molecule has 0 radical (unpaired) electrons. The van der Waals surface area contributed by atoms with Crippen LogP contribution in [0, 0.1) is 0 Å². The molecule has 2 heterocycles. The van der Waals surface area contributed by atoms with Gasteiger partial charge in [0, 0.05) is 5.38 Å². The molecule has 2 aromatic heterocycles. The van der Waals surface area contributed by atoms with Gasteiger partial charge < -0.3 is 15.0 Å². The number of rotatable bonds is 4. The zero-order valence-corrected chi connectivity index (χ0v) is 12.3. The van der Waals surface area contributed by atoms with Crippen molar-refractivity contribution in [3.05, 3.63) is 32.8 Å². The number of hydrogen-bond acceptors (Lipinski definition) is 5. The molecule has 8 heteroatoms. The maximum absolute atomic E-state index is 11.9. The highest BCUT2D eigenvalue weighted by Crippen LogP contribution is 2.21. The van der Waals surface area contributed by atoms with Crippen LogP contribution in [-0.2, 0) is 4.74 Å². The van der Waals surface area contributed by atoms with E-state index < -0.39 is 5.97 Å². The molecule has 6 nitrogen and oxygen atoms in total. The van der Waals surface area contributed by atoms with E-state index in [1.807, 2.05) is 0 Å². The van der Waals surface area contributed by atoms with E-state index in [2.05, 4.69) is 31.2 Å². The molecule has 1 amide bonds. The first-order chi connectivity index (χ1) is 9.11. The number of hydrogen-bond donors (Lipinski definition) is 2. The summed E-state index contributed by atoms with van der Waals surface area (Å²) in [5.41, 5.74) is 0.624. The summed E-state index contributed by atoms with van der Waals surface area (Å²) in [6, 6.07) is 1.69. The van der Waals surface area contributed by atoms with Crippen molar-refractivity contribution in [3.63, 3.8) is 0 Å². The van der Waals surface area contributed by atoms with E-state index >= 15 is 0 Å². The minimum absolute atomic E-state index is 0.129. The van der Waals surface area contributed by atoms with E-state index in [9.17, 15) is 9.59 Å². The number of aromatic amines is 1. The molecule has 19 heavy (non-hydrogen) atoms. The van der Waals surface area contributed by atoms with Crippen LogP contribution in [0.3, 0.4) is 0 Å². The lowest BCUT2D eigenvalue weighted by Crippen LogP contribution is -2.15. The van der Waals surface area contributed by atoms with Gasteiger partial charge in [-0.2, -0.15) is 0 Å². The van der Waals surface area contributed by atoms with Gasteiger partial charge in [-0.25, -0.2) is 9.78 Å². The van der Waals surface area contributed by atoms with Crippen molar-refractivity contribution in [1.29, 1.82) is 0 Å². The van der Waals surface area contributed by atoms with Crippen molar-refractivity contribution < 1.29 is 14.3 Å². The van der Waals surface area contributed by atoms with Crippen molar-refractivity contribution in [2.45, 2.75) is 6.92 Å². The summed E-state index contributed by atoms with van der Waals surface area (Å²) in [4.78, 5) is 30.1. The third-order valence-corrected chi connectivity index (χ3v) is 3.68. The molecule has 0 spiro atoms. The Morgan fingerprint density at radius 3 is 3.00 bits per heavy atom. The number of aromatic nitrogens is 2. The summed E-state index contributed by atoms with van der Waals surface area (Å²) in [5, 5.41) is 4.27. The van der Waals surface area contributed by atoms with Crippen molar-refractivity contribution in [1.82, 2.24) is 9.97 Å². The Morgan fingerprint density at radius 1 is 1.58 bits per heavy atom.